The van der Waals surface area contributed by atoms with Crippen molar-refractivity contribution in [3.8, 4) is 5.75 Å². The molecule has 0 radical (unpaired) electrons. The maximum atomic E-state index is 11.0. The molecule has 110 valence electrons. The molecule has 0 saturated heterocycles. The topological polar surface area (TPSA) is 58.6 Å². The largest absolute Gasteiger partial charge is 0.489 e. The number of ether oxygens (including phenoxy) is 1. The molecule has 0 fully saturated rings. The Hall–Kier alpha value is -2.33. The SMILES string of the molecule is CNC(Cc1ccc(OCc2ccccc2)cc1)C(=O)O. The van der Waals surface area contributed by atoms with Gasteiger partial charge in [-0.05, 0) is 36.7 Å². The Morgan fingerprint density at radius 2 is 1.76 bits per heavy atom. The molecule has 2 N–H and O–H groups in total. The lowest BCUT2D eigenvalue weighted by atomic mass is 10.1. The lowest BCUT2D eigenvalue weighted by Crippen LogP contribution is -2.35. The molecular weight excluding hydrogens is 266 g/mol. The summed E-state index contributed by atoms with van der Waals surface area (Å²) in [7, 11) is 1.65. The van der Waals surface area contributed by atoms with Crippen LogP contribution in [0, 0.1) is 0 Å². The molecule has 0 aliphatic heterocycles. The number of carboxylic acid groups (broad SMARTS) is 1. The molecule has 0 bridgehead atoms. The highest BCUT2D eigenvalue weighted by Crippen LogP contribution is 2.15. The Morgan fingerprint density at radius 1 is 1.10 bits per heavy atom. The van der Waals surface area contributed by atoms with E-state index in [0.717, 1.165) is 16.9 Å². The van der Waals surface area contributed by atoms with Gasteiger partial charge in [-0.2, -0.15) is 0 Å². The van der Waals surface area contributed by atoms with Crippen molar-refractivity contribution in [2.75, 3.05) is 7.05 Å². The van der Waals surface area contributed by atoms with Gasteiger partial charge >= 0.3 is 5.97 Å². The zero-order valence-corrected chi connectivity index (χ0v) is 12.0. The first-order valence-corrected chi connectivity index (χ1v) is 6.85. The van der Waals surface area contributed by atoms with Gasteiger partial charge in [0.15, 0.2) is 0 Å². The molecular formula is C17H19NO3. The van der Waals surface area contributed by atoms with E-state index >= 15 is 0 Å². The Labute approximate surface area is 124 Å². The smallest absolute Gasteiger partial charge is 0.321 e. The van der Waals surface area contributed by atoms with Crippen molar-refractivity contribution < 1.29 is 14.6 Å². The van der Waals surface area contributed by atoms with E-state index in [-0.39, 0.29) is 0 Å². The van der Waals surface area contributed by atoms with Crippen LogP contribution in [0.3, 0.4) is 0 Å². The second-order valence-corrected chi connectivity index (χ2v) is 4.80. The number of carboxylic acids is 1. The molecule has 0 amide bonds. The molecule has 0 spiro atoms. The highest BCUT2D eigenvalue weighted by Gasteiger charge is 2.14. The van der Waals surface area contributed by atoms with E-state index in [1.807, 2.05) is 54.6 Å². The van der Waals surface area contributed by atoms with Crippen LogP contribution in [-0.4, -0.2) is 24.2 Å². The average molecular weight is 285 g/mol. The van der Waals surface area contributed by atoms with E-state index < -0.39 is 12.0 Å². The minimum atomic E-state index is -0.845. The van der Waals surface area contributed by atoms with Crippen molar-refractivity contribution in [1.82, 2.24) is 5.32 Å². The summed E-state index contributed by atoms with van der Waals surface area (Å²) in [6.07, 6.45) is 0.449. The van der Waals surface area contributed by atoms with E-state index in [1.165, 1.54) is 0 Å². The van der Waals surface area contributed by atoms with Gasteiger partial charge in [0.05, 0.1) is 0 Å². The lowest BCUT2D eigenvalue weighted by molar-refractivity contribution is -0.139. The Balaban J connectivity index is 1.91. The first kappa shape index (κ1) is 15.1. The second-order valence-electron chi connectivity index (χ2n) is 4.80. The van der Waals surface area contributed by atoms with Gasteiger partial charge in [-0.25, -0.2) is 0 Å². The summed E-state index contributed by atoms with van der Waals surface area (Å²) in [5.41, 5.74) is 2.08. The van der Waals surface area contributed by atoms with Gasteiger partial charge in [0.1, 0.15) is 18.4 Å². The molecule has 4 heteroatoms. The van der Waals surface area contributed by atoms with Gasteiger partial charge in [0.25, 0.3) is 0 Å². The quantitative estimate of drug-likeness (QED) is 0.820. The van der Waals surface area contributed by atoms with E-state index in [4.69, 9.17) is 9.84 Å². The molecule has 1 unspecified atom stereocenters. The number of benzene rings is 2. The van der Waals surface area contributed by atoms with Gasteiger partial charge < -0.3 is 15.2 Å². The van der Waals surface area contributed by atoms with Crippen molar-refractivity contribution in [2.24, 2.45) is 0 Å². The van der Waals surface area contributed by atoms with Crippen LogP contribution in [0.4, 0.5) is 0 Å². The molecule has 2 rings (SSSR count). The standard InChI is InChI=1S/C17H19NO3/c1-18-16(17(19)20)11-13-7-9-15(10-8-13)21-12-14-5-3-2-4-6-14/h2-10,16,18H,11-12H2,1H3,(H,19,20). The van der Waals surface area contributed by atoms with Crippen LogP contribution in [0.5, 0.6) is 5.75 Å². The normalized spacial score (nSPS) is 11.9. The van der Waals surface area contributed by atoms with Gasteiger partial charge in [0, 0.05) is 0 Å². The van der Waals surface area contributed by atoms with Crippen molar-refractivity contribution >= 4 is 5.97 Å². The minimum absolute atomic E-state index is 0.449. The number of hydrogen-bond donors (Lipinski definition) is 2. The Bertz CT molecular complexity index is 566. The fourth-order valence-corrected chi connectivity index (χ4v) is 2.01. The fraction of sp³-hybridized carbons (Fsp3) is 0.235. The molecule has 2 aromatic rings. The van der Waals surface area contributed by atoms with Crippen molar-refractivity contribution in [1.29, 1.82) is 0 Å². The number of likely N-dealkylation sites (N-methyl/N-ethyl adjacent to an activating group) is 1. The summed E-state index contributed by atoms with van der Waals surface area (Å²) in [5.74, 6) is -0.0687. The zero-order chi connectivity index (χ0) is 15.1. The van der Waals surface area contributed by atoms with Gasteiger partial charge in [-0.15, -0.1) is 0 Å². The highest BCUT2D eigenvalue weighted by atomic mass is 16.5. The van der Waals surface area contributed by atoms with Gasteiger partial charge in [-0.1, -0.05) is 42.5 Å². The number of nitrogens with one attached hydrogen (secondary N) is 1. The van der Waals surface area contributed by atoms with E-state index in [2.05, 4.69) is 5.32 Å². The molecule has 2 aromatic carbocycles. The number of rotatable bonds is 7. The fourth-order valence-electron chi connectivity index (χ4n) is 2.01. The van der Waals surface area contributed by atoms with Gasteiger partial charge in [0.2, 0.25) is 0 Å². The third-order valence-corrected chi connectivity index (χ3v) is 3.26. The van der Waals surface area contributed by atoms with Crippen molar-refractivity contribution in [2.45, 2.75) is 19.1 Å². The number of carbonyl (C=O) groups is 1. The van der Waals surface area contributed by atoms with E-state index in [9.17, 15) is 4.79 Å². The summed E-state index contributed by atoms with van der Waals surface area (Å²) in [5, 5.41) is 11.8. The minimum Gasteiger partial charge on any atom is -0.489 e. The van der Waals surface area contributed by atoms with Crippen LogP contribution < -0.4 is 10.1 Å². The second kappa shape index (κ2) is 7.45. The molecule has 0 aliphatic carbocycles. The maximum Gasteiger partial charge on any atom is 0.321 e. The molecule has 1 atom stereocenters. The van der Waals surface area contributed by atoms with Crippen LogP contribution in [-0.2, 0) is 17.8 Å². The average Bonchev–Trinajstić information content (AvgIpc) is 2.52. The summed E-state index contributed by atoms with van der Waals surface area (Å²) >= 11 is 0. The Morgan fingerprint density at radius 3 is 2.33 bits per heavy atom. The van der Waals surface area contributed by atoms with Crippen LogP contribution in [0.25, 0.3) is 0 Å². The molecule has 4 nitrogen and oxygen atoms in total. The van der Waals surface area contributed by atoms with Crippen LogP contribution in [0.15, 0.2) is 54.6 Å². The summed E-state index contributed by atoms with van der Waals surface area (Å²) in [6, 6.07) is 16.9. The predicted molar refractivity (Wildman–Crippen MR) is 81.4 cm³/mol. The third-order valence-electron chi connectivity index (χ3n) is 3.26. The number of hydrogen-bond acceptors (Lipinski definition) is 3. The molecule has 21 heavy (non-hydrogen) atoms. The maximum absolute atomic E-state index is 11.0. The monoisotopic (exact) mass is 285 g/mol. The van der Waals surface area contributed by atoms with Crippen molar-refractivity contribution in [3.05, 3.63) is 65.7 Å². The van der Waals surface area contributed by atoms with E-state index in [1.54, 1.807) is 7.05 Å². The predicted octanol–water partition coefficient (Wildman–Crippen LogP) is 2.48. The van der Waals surface area contributed by atoms with Crippen LogP contribution in [0.2, 0.25) is 0 Å². The van der Waals surface area contributed by atoms with Crippen molar-refractivity contribution in [3.63, 3.8) is 0 Å². The molecule has 0 heterocycles. The first-order chi connectivity index (χ1) is 10.2. The first-order valence-electron chi connectivity index (χ1n) is 6.85. The summed E-state index contributed by atoms with van der Waals surface area (Å²) < 4.78 is 5.69. The highest BCUT2D eigenvalue weighted by molar-refractivity contribution is 5.73. The van der Waals surface area contributed by atoms with Gasteiger partial charge in [-0.3, -0.25) is 4.79 Å². The van der Waals surface area contributed by atoms with Crippen LogP contribution in [0.1, 0.15) is 11.1 Å². The molecule has 0 aromatic heterocycles. The third kappa shape index (κ3) is 4.61. The summed E-state index contributed by atoms with van der Waals surface area (Å²) in [6.45, 7) is 0.522. The number of aliphatic carboxylic acids is 1. The van der Waals surface area contributed by atoms with E-state index in [0.29, 0.717) is 13.0 Å². The van der Waals surface area contributed by atoms with Crippen LogP contribution >= 0.6 is 0 Å². The summed E-state index contributed by atoms with van der Waals surface area (Å²) in [4.78, 5) is 11.0. The molecule has 0 aliphatic rings. The Kier molecular flexibility index (Phi) is 5.35. The molecule has 0 saturated carbocycles. The zero-order valence-electron chi connectivity index (χ0n) is 12.0. The lowest BCUT2D eigenvalue weighted by Gasteiger charge is -2.12.